The highest BCUT2D eigenvalue weighted by Gasteiger charge is 2.16. The second-order valence-electron chi connectivity index (χ2n) is 4.64. The van der Waals surface area contributed by atoms with Crippen LogP contribution in [0, 0.1) is 0 Å². The zero-order valence-corrected chi connectivity index (χ0v) is 10.8. The lowest BCUT2D eigenvalue weighted by molar-refractivity contribution is 0.0857. The van der Waals surface area contributed by atoms with E-state index in [0.717, 1.165) is 25.3 Å². The normalized spacial score (nSPS) is 18.7. The molecular formula is C13H19N3O2. The number of carbonyl (C=O) groups is 1. The van der Waals surface area contributed by atoms with Crippen molar-refractivity contribution in [2.75, 3.05) is 32.1 Å². The number of nitrogens with one attached hydrogen (secondary N) is 1. The first-order chi connectivity index (χ1) is 8.66. The van der Waals surface area contributed by atoms with Gasteiger partial charge in [-0.2, -0.15) is 0 Å². The Morgan fingerprint density at radius 1 is 1.61 bits per heavy atom. The molecule has 0 radical (unpaired) electrons. The van der Waals surface area contributed by atoms with Crippen LogP contribution in [0.5, 0.6) is 0 Å². The van der Waals surface area contributed by atoms with Crippen molar-refractivity contribution < 1.29 is 9.53 Å². The molecule has 0 saturated carbocycles. The Morgan fingerprint density at radius 3 is 3.11 bits per heavy atom. The Morgan fingerprint density at radius 2 is 2.44 bits per heavy atom. The fourth-order valence-corrected chi connectivity index (χ4v) is 1.92. The Kier molecular flexibility index (Phi) is 4.15. The van der Waals surface area contributed by atoms with Crippen molar-refractivity contribution in [3.63, 3.8) is 0 Å². The minimum absolute atomic E-state index is 0.0731. The molecule has 2 rings (SSSR count). The molecule has 1 aromatic heterocycles. The number of anilines is 1. The second-order valence-corrected chi connectivity index (χ2v) is 4.64. The lowest BCUT2D eigenvalue weighted by Gasteiger charge is -2.13. The lowest BCUT2D eigenvalue weighted by Crippen LogP contribution is -2.31. The number of aromatic nitrogens is 1. The third-order valence-electron chi connectivity index (χ3n) is 2.98. The number of pyridine rings is 1. The van der Waals surface area contributed by atoms with Crippen molar-refractivity contribution in [1.29, 1.82) is 0 Å². The van der Waals surface area contributed by atoms with Crippen molar-refractivity contribution in [3.05, 3.63) is 23.9 Å². The van der Waals surface area contributed by atoms with Gasteiger partial charge in [-0.15, -0.1) is 0 Å². The first kappa shape index (κ1) is 12.8. The van der Waals surface area contributed by atoms with E-state index in [1.54, 1.807) is 18.3 Å². The summed E-state index contributed by atoms with van der Waals surface area (Å²) >= 11 is 0. The first-order valence-electron chi connectivity index (χ1n) is 6.20. The third kappa shape index (κ3) is 3.20. The number of hydrogen-bond acceptors (Lipinski definition) is 4. The molecule has 0 unspecified atom stereocenters. The van der Waals surface area contributed by atoms with Crippen molar-refractivity contribution in [3.8, 4) is 0 Å². The van der Waals surface area contributed by atoms with Crippen LogP contribution in [0.1, 0.15) is 23.2 Å². The maximum atomic E-state index is 12.0. The van der Waals surface area contributed by atoms with Gasteiger partial charge in [0.15, 0.2) is 0 Å². The van der Waals surface area contributed by atoms with Crippen LogP contribution >= 0.6 is 0 Å². The fourth-order valence-electron chi connectivity index (χ4n) is 1.92. The molecule has 1 amide bonds. The summed E-state index contributed by atoms with van der Waals surface area (Å²) in [7, 11) is 3.80. The Balaban J connectivity index is 1.93. The molecule has 0 aliphatic carbocycles. The van der Waals surface area contributed by atoms with E-state index in [4.69, 9.17) is 4.74 Å². The summed E-state index contributed by atoms with van der Waals surface area (Å²) in [5.74, 6) is 0.704. The van der Waals surface area contributed by atoms with Crippen LogP contribution in [0.2, 0.25) is 0 Å². The number of nitrogens with zero attached hydrogens (tertiary/aromatic N) is 2. The van der Waals surface area contributed by atoms with Gasteiger partial charge in [0.2, 0.25) is 0 Å². The molecular weight excluding hydrogens is 230 g/mol. The van der Waals surface area contributed by atoms with E-state index in [-0.39, 0.29) is 12.0 Å². The molecule has 1 saturated heterocycles. The van der Waals surface area contributed by atoms with Crippen molar-refractivity contribution in [2.45, 2.75) is 18.9 Å². The molecule has 0 aromatic carbocycles. The van der Waals surface area contributed by atoms with Crippen LogP contribution in [0.25, 0.3) is 0 Å². The summed E-state index contributed by atoms with van der Waals surface area (Å²) < 4.78 is 5.47. The highest BCUT2D eigenvalue weighted by Crippen LogP contribution is 2.12. The molecule has 5 nitrogen and oxygen atoms in total. The molecule has 18 heavy (non-hydrogen) atoms. The van der Waals surface area contributed by atoms with E-state index in [1.165, 1.54) is 0 Å². The van der Waals surface area contributed by atoms with Crippen LogP contribution in [-0.4, -0.2) is 44.2 Å². The first-order valence-corrected chi connectivity index (χ1v) is 6.20. The SMILES string of the molecule is CN(C)c1cc(C(=O)NC[C@H]2CCCO2)ccn1. The van der Waals surface area contributed by atoms with Crippen LogP contribution < -0.4 is 10.2 Å². The molecule has 98 valence electrons. The molecule has 2 heterocycles. The summed E-state index contributed by atoms with van der Waals surface area (Å²) in [5, 5.41) is 2.90. The molecule has 1 aliphatic heterocycles. The molecule has 1 aliphatic rings. The van der Waals surface area contributed by atoms with E-state index < -0.39 is 0 Å². The number of ether oxygens (including phenoxy) is 1. The molecule has 0 bridgehead atoms. The predicted octanol–water partition coefficient (Wildman–Crippen LogP) is 1.06. The maximum absolute atomic E-state index is 12.0. The number of amides is 1. The summed E-state index contributed by atoms with van der Waals surface area (Å²) in [5.41, 5.74) is 0.631. The van der Waals surface area contributed by atoms with Crippen LogP contribution in [-0.2, 0) is 4.74 Å². The number of rotatable bonds is 4. The van der Waals surface area contributed by atoms with E-state index in [2.05, 4.69) is 10.3 Å². The smallest absolute Gasteiger partial charge is 0.251 e. The standard InChI is InChI=1S/C13H19N3O2/c1-16(2)12-8-10(5-6-14-12)13(17)15-9-11-4-3-7-18-11/h5-6,8,11H,3-4,7,9H2,1-2H3,(H,15,17)/t11-/m1/s1. The zero-order valence-electron chi connectivity index (χ0n) is 10.8. The quantitative estimate of drug-likeness (QED) is 0.867. The minimum atomic E-state index is -0.0731. The molecule has 1 fully saturated rings. The van der Waals surface area contributed by atoms with Crippen LogP contribution in [0.3, 0.4) is 0 Å². The van der Waals surface area contributed by atoms with Gasteiger partial charge in [-0.3, -0.25) is 4.79 Å². The Bertz CT molecular complexity index is 414. The Hall–Kier alpha value is -1.62. The fraction of sp³-hybridized carbons (Fsp3) is 0.538. The van der Waals surface area contributed by atoms with Gasteiger partial charge in [0, 0.05) is 39.0 Å². The summed E-state index contributed by atoms with van der Waals surface area (Å²) in [6, 6.07) is 3.50. The van der Waals surface area contributed by atoms with Gasteiger partial charge >= 0.3 is 0 Å². The molecule has 5 heteroatoms. The topological polar surface area (TPSA) is 54.5 Å². The molecule has 0 spiro atoms. The van der Waals surface area contributed by atoms with Gasteiger partial charge in [-0.1, -0.05) is 0 Å². The van der Waals surface area contributed by atoms with E-state index in [1.807, 2.05) is 19.0 Å². The average molecular weight is 249 g/mol. The van der Waals surface area contributed by atoms with Crippen molar-refractivity contribution in [2.24, 2.45) is 0 Å². The average Bonchev–Trinajstić information content (AvgIpc) is 2.89. The van der Waals surface area contributed by atoms with E-state index in [0.29, 0.717) is 12.1 Å². The van der Waals surface area contributed by atoms with Gasteiger partial charge in [-0.05, 0) is 25.0 Å². The summed E-state index contributed by atoms with van der Waals surface area (Å²) in [6.07, 6.45) is 3.93. The highest BCUT2D eigenvalue weighted by atomic mass is 16.5. The predicted molar refractivity (Wildman–Crippen MR) is 69.9 cm³/mol. The maximum Gasteiger partial charge on any atom is 0.251 e. The summed E-state index contributed by atoms with van der Waals surface area (Å²) in [4.78, 5) is 18.0. The minimum Gasteiger partial charge on any atom is -0.376 e. The Labute approximate surface area is 107 Å². The molecule has 1 aromatic rings. The number of carbonyl (C=O) groups excluding carboxylic acids is 1. The van der Waals surface area contributed by atoms with E-state index >= 15 is 0 Å². The van der Waals surface area contributed by atoms with Gasteiger partial charge < -0.3 is 15.0 Å². The molecule has 1 atom stereocenters. The zero-order chi connectivity index (χ0) is 13.0. The van der Waals surface area contributed by atoms with Crippen LogP contribution in [0.15, 0.2) is 18.3 Å². The second kappa shape index (κ2) is 5.82. The van der Waals surface area contributed by atoms with Gasteiger partial charge in [0.05, 0.1) is 6.10 Å². The van der Waals surface area contributed by atoms with Crippen molar-refractivity contribution >= 4 is 11.7 Å². The molecule has 1 N–H and O–H groups in total. The highest BCUT2D eigenvalue weighted by molar-refractivity contribution is 5.94. The summed E-state index contributed by atoms with van der Waals surface area (Å²) in [6.45, 7) is 1.39. The van der Waals surface area contributed by atoms with Crippen molar-refractivity contribution in [1.82, 2.24) is 10.3 Å². The van der Waals surface area contributed by atoms with Crippen LogP contribution in [0.4, 0.5) is 5.82 Å². The monoisotopic (exact) mass is 249 g/mol. The third-order valence-corrected chi connectivity index (χ3v) is 2.98. The van der Waals surface area contributed by atoms with Gasteiger partial charge in [-0.25, -0.2) is 4.98 Å². The van der Waals surface area contributed by atoms with Gasteiger partial charge in [0.1, 0.15) is 5.82 Å². The lowest BCUT2D eigenvalue weighted by atomic mass is 10.2. The largest absolute Gasteiger partial charge is 0.376 e. The van der Waals surface area contributed by atoms with Gasteiger partial charge in [0.25, 0.3) is 5.91 Å². The van der Waals surface area contributed by atoms with E-state index in [9.17, 15) is 4.79 Å². The number of hydrogen-bond donors (Lipinski definition) is 1.